The van der Waals surface area contributed by atoms with Crippen LogP contribution in [-0.4, -0.2) is 9.97 Å². The standard InChI is InChI=1S/C52H30N2O2/c1-2-11-38-37(10-1)39-12-3-4-13-41(39)43-17-7-16-36(50(43)42-15-6-5-14-40(38)42)35-27-33(31-20-22-48-46(29-31)44-18-8-24-53-51(44)55-48)26-34(28-35)32-21-23-49-47(30-32)45-19-9-25-54-52(45)56-49/h1-30H. The lowest BCUT2D eigenvalue weighted by atomic mass is 9.78. The Morgan fingerprint density at radius 3 is 1.25 bits per heavy atom. The molecule has 7 aromatic carbocycles. The highest BCUT2D eigenvalue weighted by Gasteiger charge is 2.24. The molecule has 260 valence electrons. The van der Waals surface area contributed by atoms with Gasteiger partial charge in [0.1, 0.15) is 11.2 Å². The molecule has 4 heterocycles. The van der Waals surface area contributed by atoms with E-state index in [9.17, 15) is 0 Å². The van der Waals surface area contributed by atoms with Gasteiger partial charge in [0.15, 0.2) is 0 Å². The van der Waals surface area contributed by atoms with Crippen LogP contribution in [0.1, 0.15) is 0 Å². The summed E-state index contributed by atoms with van der Waals surface area (Å²) in [6, 6.07) is 61.3. The van der Waals surface area contributed by atoms with E-state index < -0.39 is 0 Å². The molecule has 0 aliphatic heterocycles. The third-order valence-electron chi connectivity index (χ3n) is 11.4. The van der Waals surface area contributed by atoms with Crippen molar-refractivity contribution >= 4 is 44.1 Å². The van der Waals surface area contributed by atoms with Gasteiger partial charge in [-0.25, -0.2) is 9.97 Å². The molecule has 0 saturated carbocycles. The van der Waals surface area contributed by atoms with Gasteiger partial charge >= 0.3 is 0 Å². The first-order valence-electron chi connectivity index (χ1n) is 18.9. The molecule has 0 fully saturated rings. The summed E-state index contributed by atoms with van der Waals surface area (Å²) >= 11 is 0. The number of pyridine rings is 2. The highest BCUT2D eigenvalue weighted by Crippen LogP contribution is 2.51. The Balaban J connectivity index is 1.15. The number of hydrogen-bond donors (Lipinski definition) is 0. The number of fused-ring (bicyclic) bond motifs is 14. The van der Waals surface area contributed by atoms with Gasteiger partial charge in [0.25, 0.3) is 0 Å². The van der Waals surface area contributed by atoms with Gasteiger partial charge in [-0.1, -0.05) is 103 Å². The minimum atomic E-state index is 0.646. The average Bonchev–Trinajstić information content (AvgIpc) is 3.83. The molecule has 4 aromatic heterocycles. The maximum atomic E-state index is 6.14. The fraction of sp³-hybridized carbons (Fsp3) is 0. The number of furan rings is 2. The van der Waals surface area contributed by atoms with Gasteiger partial charge in [-0.2, -0.15) is 0 Å². The largest absolute Gasteiger partial charge is 0.438 e. The predicted octanol–water partition coefficient (Wildman–Crippen LogP) is 14.3. The van der Waals surface area contributed by atoms with E-state index in [1.807, 2.05) is 12.1 Å². The molecule has 0 bridgehead atoms. The van der Waals surface area contributed by atoms with Crippen molar-refractivity contribution in [2.24, 2.45) is 0 Å². The van der Waals surface area contributed by atoms with Crippen molar-refractivity contribution in [2.75, 3.05) is 0 Å². The number of hydrogen-bond acceptors (Lipinski definition) is 4. The summed E-state index contributed by atoms with van der Waals surface area (Å²) in [4.78, 5) is 8.99. The van der Waals surface area contributed by atoms with Gasteiger partial charge in [0.05, 0.1) is 0 Å². The van der Waals surface area contributed by atoms with Crippen molar-refractivity contribution in [3.8, 4) is 77.9 Å². The molecule has 1 aliphatic rings. The third kappa shape index (κ3) is 4.66. The van der Waals surface area contributed by atoms with Crippen LogP contribution in [0.15, 0.2) is 191 Å². The third-order valence-corrected chi connectivity index (χ3v) is 11.4. The van der Waals surface area contributed by atoms with E-state index in [1.165, 1.54) is 50.1 Å². The van der Waals surface area contributed by atoms with Crippen molar-refractivity contribution < 1.29 is 8.83 Å². The topological polar surface area (TPSA) is 52.1 Å². The molecular weight excluding hydrogens is 685 g/mol. The molecule has 0 radical (unpaired) electrons. The number of benzene rings is 7. The van der Waals surface area contributed by atoms with Crippen molar-refractivity contribution in [1.29, 1.82) is 0 Å². The number of rotatable bonds is 3. The first-order chi connectivity index (χ1) is 27.7. The first-order valence-corrected chi connectivity index (χ1v) is 18.9. The normalized spacial score (nSPS) is 11.9. The van der Waals surface area contributed by atoms with Crippen LogP contribution in [0.3, 0.4) is 0 Å². The van der Waals surface area contributed by atoms with E-state index in [0.717, 1.165) is 60.5 Å². The quantitative estimate of drug-likeness (QED) is 0.183. The fourth-order valence-corrected chi connectivity index (χ4v) is 8.85. The molecule has 12 rings (SSSR count). The van der Waals surface area contributed by atoms with E-state index in [0.29, 0.717) is 11.4 Å². The zero-order valence-corrected chi connectivity index (χ0v) is 30.0. The molecule has 0 saturated heterocycles. The molecular formula is C52H30N2O2. The van der Waals surface area contributed by atoms with Crippen LogP contribution in [0, 0.1) is 0 Å². The summed E-state index contributed by atoms with van der Waals surface area (Å²) in [5.74, 6) is 0. The highest BCUT2D eigenvalue weighted by atomic mass is 16.3. The second-order valence-corrected chi connectivity index (χ2v) is 14.5. The Morgan fingerprint density at radius 1 is 0.286 bits per heavy atom. The second-order valence-electron chi connectivity index (χ2n) is 14.5. The van der Waals surface area contributed by atoms with Crippen LogP contribution < -0.4 is 0 Å². The summed E-state index contributed by atoms with van der Waals surface area (Å²) in [5, 5.41) is 4.11. The fourth-order valence-electron chi connectivity index (χ4n) is 8.85. The van der Waals surface area contributed by atoms with Gasteiger partial charge in [0.2, 0.25) is 11.4 Å². The lowest BCUT2D eigenvalue weighted by Gasteiger charge is -2.25. The van der Waals surface area contributed by atoms with Gasteiger partial charge in [-0.3, -0.25) is 0 Å². The molecule has 0 N–H and O–H groups in total. The molecule has 4 nitrogen and oxygen atoms in total. The van der Waals surface area contributed by atoms with Crippen LogP contribution in [0.2, 0.25) is 0 Å². The Morgan fingerprint density at radius 2 is 0.714 bits per heavy atom. The summed E-state index contributed by atoms with van der Waals surface area (Å²) in [7, 11) is 0. The second kappa shape index (κ2) is 12.0. The van der Waals surface area contributed by atoms with E-state index >= 15 is 0 Å². The van der Waals surface area contributed by atoms with E-state index in [-0.39, 0.29) is 0 Å². The molecule has 56 heavy (non-hydrogen) atoms. The monoisotopic (exact) mass is 714 g/mol. The first kappa shape index (κ1) is 30.9. The number of nitrogens with zero attached hydrogens (tertiary/aromatic N) is 2. The van der Waals surface area contributed by atoms with Gasteiger partial charge in [-0.05, 0) is 145 Å². The molecule has 0 spiro atoms. The zero-order valence-electron chi connectivity index (χ0n) is 30.0. The lowest BCUT2D eigenvalue weighted by molar-refractivity contribution is 0.653. The Bertz CT molecular complexity index is 3250. The average molecular weight is 715 g/mol. The van der Waals surface area contributed by atoms with Gasteiger partial charge in [-0.15, -0.1) is 0 Å². The maximum Gasteiger partial charge on any atom is 0.227 e. The van der Waals surface area contributed by atoms with Crippen LogP contribution in [0.4, 0.5) is 0 Å². The Labute approximate surface area is 322 Å². The van der Waals surface area contributed by atoms with Crippen LogP contribution in [-0.2, 0) is 0 Å². The summed E-state index contributed by atoms with van der Waals surface area (Å²) in [6.45, 7) is 0. The van der Waals surface area contributed by atoms with Crippen molar-refractivity contribution in [1.82, 2.24) is 9.97 Å². The SMILES string of the molecule is c1ccc2c(c1)-c1ccccc1-c1cccc(-c3cc(-c4ccc5oc6ncccc6c5c4)cc(-c4ccc5oc6ncccc6c5c4)c3)c1-c1ccccc1-2. The summed E-state index contributed by atoms with van der Waals surface area (Å²) in [5.41, 5.74) is 19.5. The van der Waals surface area contributed by atoms with E-state index in [1.54, 1.807) is 12.4 Å². The van der Waals surface area contributed by atoms with Crippen LogP contribution in [0.5, 0.6) is 0 Å². The van der Waals surface area contributed by atoms with E-state index in [2.05, 4.69) is 168 Å². The number of aromatic nitrogens is 2. The minimum absolute atomic E-state index is 0.646. The van der Waals surface area contributed by atoms with Crippen molar-refractivity contribution in [2.45, 2.75) is 0 Å². The molecule has 1 aliphatic carbocycles. The Hall–Kier alpha value is -7.56. The van der Waals surface area contributed by atoms with Crippen molar-refractivity contribution in [3.05, 3.63) is 182 Å². The van der Waals surface area contributed by atoms with Gasteiger partial charge < -0.3 is 8.83 Å². The summed E-state index contributed by atoms with van der Waals surface area (Å²) in [6.07, 6.45) is 3.55. The molecule has 11 aromatic rings. The van der Waals surface area contributed by atoms with Crippen molar-refractivity contribution in [3.63, 3.8) is 0 Å². The minimum Gasteiger partial charge on any atom is -0.438 e. The molecule has 0 amide bonds. The molecule has 0 atom stereocenters. The maximum absolute atomic E-state index is 6.14. The molecule has 4 heteroatoms. The summed E-state index contributed by atoms with van der Waals surface area (Å²) < 4.78 is 12.3. The predicted molar refractivity (Wildman–Crippen MR) is 228 cm³/mol. The van der Waals surface area contributed by atoms with Gasteiger partial charge in [0, 0.05) is 33.9 Å². The van der Waals surface area contributed by atoms with Crippen LogP contribution in [0.25, 0.3) is 122 Å². The lowest BCUT2D eigenvalue weighted by Crippen LogP contribution is -1.99. The zero-order chi connectivity index (χ0) is 36.7. The van der Waals surface area contributed by atoms with Crippen LogP contribution >= 0.6 is 0 Å². The smallest absolute Gasteiger partial charge is 0.227 e. The van der Waals surface area contributed by atoms with E-state index in [4.69, 9.17) is 8.83 Å². The Kier molecular flexibility index (Phi) is 6.60. The molecule has 0 unspecified atom stereocenters. The highest BCUT2D eigenvalue weighted by molar-refractivity contribution is 6.09.